The molecule has 1 aromatic carbocycles. The largest absolute Gasteiger partial charge is 0.361 e. The molecule has 0 bridgehead atoms. The molecule has 0 spiro atoms. The highest BCUT2D eigenvalue weighted by Crippen LogP contribution is 2.25. The van der Waals surface area contributed by atoms with Crippen LogP contribution >= 0.6 is 0 Å². The van der Waals surface area contributed by atoms with E-state index in [1.165, 1.54) is 5.56 Å². The van der Waals surface area contributed by atoms with E-state index >= 15 is 0 Å². The van der Waals surface area contributed by atoms with Gasteiger partial charge in [0.15, 0.2) is 0 Å². The SMILES string of the molecule is Cc1noc(C)c1-c1ccnc(NCc2ccccc2)n1. The lowest BCUT2D eigenvalue weighted by Gasteiger charge is -2.06. The van der Waals surface area contributed by atoms with Crippen molar-refractivity contribution >= 4 is 5.95 Å². The van der Waals surface area contributed by atoms with Gasteiger partial charge in [-0.2, -0.15) is 0 Å². The molecule has 5 heteroatoms. The Hall–Kier alpha value is -2.69. The summed E-state index contributed by atoms with van der Waals surface area (Å²) in [6.45, 7) is 4.48. The van der Waals surface area contributed by atoms with Gasteiger partial charge in [-0.3, -0.25) is 0 Å². The Labute approximate surface area is 123 Å². The number of aromatic nitrogens is 3. The van der Waals surface area contributed by atoms with E-state index in [1.807, 2.05) is 38.1 Å². The molecule has 3 rings (SSSR count). The predicted octanol–water partition coefficient (Wildman–Crippen LogP) is 3.36. The molecule has 1 N–H and O–H groups in total. The number of anilines is 1. The Kier molecular flexibility index (Phi) is 3.64. The van der Waals surface area contributed by atoms with Crippen LogP contribution in [0.4, 0.5) is 5.95 Å². The summed E-state index contributed by atoms with van der Waals surface area (Å²) in [6.07, 6.45) is 1.74. The van der Waals surface area contributed by atoms with Crippen molar-refractivity contribution in [3.63, 3.8) is 0 Å². The van der Waals surface area contributed by atoms with Crippen LogP contribution in [-0.2, 0) is 6.54 Å². The summed E-state index contributed by atoms with van der Waals surface area (Å²) in [7, 11) is 0. The molecule has 2 aromatic heterocycles. The molecule has 0 radical (unpaired) electrons. The molecule has 0 aliphatic carbocycles. The third kappa shape index (κ3) is 2.91. The molecule has 0 aliphatic rings. The smallest absolute Gasteiger partial charge is 0.223 e. The van der Waals surface area contributed by atoms with Gasteiger partial charge in [0.1, 0.15) is 5.76 Å². The van der Waals surface area contributed by atoms with E-state index in [0.717, 1.165) is 22.7 Å². The minimum Gasteiger partial charge on any atom is -0.361 e. The third-order valence-corrected chi connectivity index (χ3v) is 3.24. The van der Waals surface area contributed by atoms with Gasteiger partial charge in [0.2, 0.25) is 5.95 Å². The normalized spacial score (nSPS) is 10.6. The van der Waals surface area contributed by atoms with Crippen LogP contribution in [0.2, 0.25) is 0 Å². The first-order valence-corrected chi connectivity index (χ1v) is 6.78. The minimum absolute atomic E-state index is 0.594. The van der Waals surface area contributed by atoms with E-state index in [0.29, 0.717) is 12.5 Å². The van der Waals surface area contributed by atoms with E-state index in [2.05, 4.69) is 32.6 Å². The Morgan fingerprint density at radius 2 is 1.90 bits per heavy atom. The molecule has 3 aromatic rings. The fourth-order valence-electron chi connectivity index (χ4n) is 2.21. The Morgan fingerprint density at radius 3 is 2.62 bits per heavy atom. The van der Waals surface area contributed by atoms with Gasteiger partial charge in [-0.25, -0.2) is 9.97 Å². The van der Waals surface area contributed by atoms with Gasteiger partial charge >= 0.3 is 0 Å². The van der Waals surface area contributed by atoms with Gasteiger partial charge in [0.25, 0.3) is 0 Å². The summed E-state index contributed by atoms with van der Waals surface area (Å²) in [5.41, 5.74) is 3.76. The maximum absolute atomic E-state index is 5.19. The molecule has 0 amide bonds. The maximum Gasteiger partial charge on any atom is 0.223 e. The predicted molar refractivity (Wildman–Crippen MR) is 80.8 cm³/mol. The summed E-state index contributed by atoms with van der Waals surface area (Å²) < 4.78 is 5.19. The second kappa shape index (κ2) is 5.75. The van der Waals surface area contributed by atoms with Gasteiger partial charge in [-0.1, -0.05) is 35.5 Å². The number of benzene rings is 1. The lowest BCUT2D eigenvalue weighted by atomic mass is 10.1. The highest BCUT2D eigenvalue weighted by atomic mass is 16.5. The Balaban J connectivity index is 1.81. The third-order valence-electron chi connectivity index (χ3n) is 3.24. The van der Waals surface area contributed by atoms with Gasteiger partial charge < -0.3 is 9.84 Å². The van der Waals surface area contributed by atoms with Crippen LogP contribution in [-0.4, -0.2) is 15.1 Å². The highest BCUT2D eigenvalue weighted by molar-refractivity contribution is 5.64. The molecule has 0 saturated carbocycles. The summed E-state index contributed by atoms with van der Waals surface area (Å²) in [5.74, 6) is 1.36. The van der Waals surface area contributed by atoms with Crippen LogP contribution in [0.3, 0.4) is 0 Å². The molecule has 0 atom stereocenters. The summed E-state index contributed by atoms with van der Waals surface area (Å²) in [6, 6.07) is 12.0. The Morgan fingerprint density at radius 1 is 1.10 bits per heavy atom. The van der Waals surface area contributed by atoms with E-state index in [9.17, 15) is 0 Å². The topological polar surface area (TPSA) is 63.8 Å². The van der Waals surface area contributed by atoms with Crippen LogP contribution in [0.5, 0.6) is 0 Å². The molecule has 0 unspecified atom stereocenters. The molecule has 0 aliphatic heterocycles. The Bertz CT molecular complexity index is 718. The van der Waals surface area contributed by atoms with Crippen molar-refractivity contribution < 1.29 is 4.52 Å². The fraction of sp³-hybridized carbons (Fsp3) is 0.188. The number of hydrogen-bond acceptors (Lipinski definition) is 5. The molecule has 0 fully saturated rings. The lowest BCUT2D eigenvalue weighted by Crippen LogP contribution is -2.04. The zero-order valence-electron chi connectivity index (χ0n) is 12.0. The van der Waals surface area contributed by atoms with Crippen molar-refractivity contribution in [3.8, 4) is 11.3 Å². The van der Waals surface area contributed by atoms with Gasteiger partial charge in [-0.15, -0.1) is 0 Å². The van der Waals surface area contributed by atoms with Gasteiger partial charge in [0, 0.05) is 12.7 Å². The van der Waals surface area contributed by atoms with Crippen molar-refractivity contribution in [1.29, 1.82) is 0 Å². The monoisotopic (exact) mass is 280 g/mol. The van der Waals surface area contributed by atoms with Crippen LogP contribution < -0.4 is 5.32 Å². The first-order valence-electron chi connectivity index (χ1n) is 6.78. The van der Waals surface area contributed by atoms with Crippen molar-refractivity contribution in [3.05, 3.63) is 59.6 Å². The fourth-order valence-corrected chi connectivity index (χ4v) is 2.21. The highest BCUT2D eigenvalue weighted by Gasteiger charge is 2.13. The second-order valence-corrected chi connectivity index (χ2v) is 4.80. The first-order chi connectivity index (χ1) is 10.2. The van der Waals surface area contributed by atoms with E-state index in [4.69, 9.17) is 4.52 Å². The first kappa shape index (κ1) is 13.3. The van der Waals surface area contributed by atoms with Crippen LogP contribution in [0.15, 0.2) is 47.1 Å². The van der Waals surface area contributed by atoms with Gasteiger partial charge in [-0.05, 0) is 25.5 Å². The molecule has 5 nitrogen and oxygen atoms in total. The van der Waals surface area contributed by atoms with E-state index < -0.39 is 0 Å². The number of hydrogen-bond donors (Lipinski definition) is 1. The molecule has 106 valence electrons. The average Bonchev–Trinajstić information content (AvgIpc) is 2.85. The lowest BCUT2D eigenvalue weighted by molar-refractivity contribution is 0.393. The number of nitrogens with zero attached hydrogens (tertiary/aromatic N) is 3. The van der Waals surface area contributed by atoms with E-state index in [-0.39, 0.29) is 0 Å². The van der Waals surface area contributed by atoms with Crippen LogP contribution in [0, 0.1) is 13.8 Å². The summed E-state index contributed by atoms with van der Waals surface area (Å²) in [5, 5.41) is 7.19. The quantitative estimate of drug-likeness (QED) is 0.794. The van der Waals surface area contributed by atoms with Crippen molar-refractivity contribution in [2.45, 2.75) is 20.4 Å². The van der Waals surface area contributed by atoms with Crippen LogP contribution in [0.1, 0.15) is 17.0 Å². The standard InChI is InChI=1S/C16H16N4O/c1-11-15(12(2)21-20-11)14-8-9-17-16(19-14)18-10-13-6-4-3-5-7-13/h3-9H,10H2,1-2H3,(H,17,18,19). The number of rotatable bonds is 4. The molecular formula is C16H16N4O. The van der Waals surface area contributed by atoms with Crippen molar-refractivity contribution in [1.82, 2.24) is 15.1 Å². The summed E-state index contributed by atoms with van der Waals surface area (Å²) >= 11 is 0. The van der Waals surface area contributed by atoms with Crippen LogP contribution in [0.25, 0.3) is 11.3 Å². The van der Waals surface area contributed by atoms with Crippen molar-refractivity contribution in [2.75, 3.05) is 5.32 Å². The number of nitrogens with one attached hydrogen (secondary N) is 1. The zero-order valence-corrected chi connectivity index (χ0v) is 12.0. The van der Waals surface area contributed by atoms with E-state index in [1.54, 1.807) is 6.20 Å². The second-order valence-electron chi connectivity index (χ2n) is 4.80. The molecular weight excluding hydrogens is 264 g/mol. The summed E-state index contributed by atoms with van der Waals surface area (Å²) in [4.78, 5) is 8.78. The average molecular weight is 280 g/mol. The molecule has 2 heterocycles. The zero-order chi connectivity index (χ0) is 14.7. The van der Waals surface area contributed by atoms with Gasteiger partial charge in [0.05, 0.1) is 17.0 Å². The number of aryl methyl sites for hydroxylation is 2. The van der Waals surface area contributed by atoms with Crippen molar-refractivity contribution in [2.24, 2.45) is 0 Å². The maximum atomic E-state index is 5.19. The molecule has 21 heavy (non-hydrogen) atoms. The minimum atomic E-state index is 0.594. The molecule has 0 saturated heterocycles.